The number of hydrogen-bond donors (Lipinski definition) is 3. The van der Waals surface area contributed by atoms with Crippen LogP contribution in [-0.4, -0.2) is 27.1 Å². The van der Waals surface area contributed by atoms with E-state index in [4.69, 9.17) is 10.8 Å². The van der Waals surface area contributed by atoms with Gasteiger partial charge in [-0.2, -0.15) is 0 Å². The van der Waals surface area contributed by atoms with Crippen LogP contribution in [0.3, 0.4) is 0 Å². The smallest absolute Gasteiger partial charge is 0.320 e. The van der Waals surface area contributed by atoms with E-state index in [0.29, 0.717) is 11.7 Å². The summed E-state index contributed by atoms with van der Waals surface area (Å²) < 4.78 is 0. The zero-order chi connectivity index (χ0) is 11.4. The van der Waals surface area contributed by atoms with E-state index < -0.39 is 12.0 Å². The number of aromatic amines is 1. The van der Waals surface area contributed by atoms with Gasteiger partial charge in [0.15, 0.2) is 0 Å². The molecule has 0 aliphatic carbocycles. The summed E-state index contributed by atoms with van der Waals surface area (Å²) in [5.74, 6) is 0.184. The molecule has 0 saturated heterocycles. The number of nitrogens with zero attached hydrogens (tertiary/aromatic N) is 1. The normalized spacial score (nSPS) is 13.1. The van der Waals surface area contributed by atoms with Gasteiger partial charge in [0, 0.05) is 18.3 Å². The summed E-state index contributed by atoms with van der Waals surface area (Å²) >= 11 is 0. The minimum atomic E-state index is -1.00. The predicted molar refractivity (Wildman–Crippen MR) is 56.4 cm³/mol. The summed E-state index contributed by atoms with van der Waals surface area (Å²) in [5.41, 5.74) is 6.43. The molecule has 0 bridgehead atoms. The first kappa shape index (κ1) is 11.7. The minimum Gasteiger partial charge on any atom is -0.480 e. The quantitative estimate of drug-likeness (QED) is 0.663. The van der Waals surface area contributed by atoms with Gasteiger partial charge in [-0.05, 0) is 12.3 Å². The number of aromatic nitrogens is 2. The van der Waals surface area contributed by atoms with Crippen LogP contribution in [0.1, 0.15) is 25.4 Å². The van der Waals surface area contributed by atoms with Gasteiger partial charge in [0.1, 0.15) is 11.9 Å². The lowest BCUT2D eigenvalue weighted by Gasteiger charge is -2.03. The molecule has 5 nitrogen and oxygen atoms in total. The van der Waals surface area contributed by atoms with Crippen molar-refractivity contribution in [3.05, 3.63) is 17.7 Å². The Morgan fingerprint density at radius 1 is 1.60 bits per heavy atom. The van der Waals surface area contributed by atoms with Crippen LogP contribution in [0.5, 0.6) is 0 Å². The first-order chi connectivity index (χ1) is 6.99. The highest BCUT2D eigenvalue weighted by molar-refractivity contribution is 5.73. The van der Waals surface area contributed by atoms with Gasteiger partial charge < -0.3 is 15.8 Å². The van der Waals surface area contributed by atoms with Crippen LogP contribution in [0.25, 0.3) is 0 Å². The average molecular weight is 211 g/mol. The number of carboxylic acids is 1. The lowest BCUT2D eigenvalue weighted by Crippen LogP contribution is -2.32. The largest absolute Gasteiger partial charge is 0.480 e. The Morgan fingerprint density at radius 2 is 2.27 bits per heavy atom. The van der Waals surface area contributed by atoms with E-state index in [0.717, 1.165) is 12.1 Å². The number of rotatable bonds is 5. The van der Waals surface area contributed by atoms with Crippen LogP contribution in [-0.2, 0) is 17.6 Å². The van der Waals surface area contributed by atoms with Crippen LogP contribution in [0, 0.1) is 5.92 Å². The van der Waals surface area contributed by atoms with Gasteiger partial charge in [0.05, 0.1) is 0 Å². The Balaban J connectivity index is 2.56. The van der Waals surface area contributed by atoms with E-state index in [9.17, 15) is 4.79 Å². The molecule has 0 amide bonds. The Morgan fingerprint density at radius 3 is 2.80 bits per heavy atom. The zero-order valence-corrected chi connectivity index (χ0v) is 9.03. The van der Waals surface area contributed by atoms with Crippen molar-refractivity contribution < 1.29 is 9.90 Å². The third-order valence-corrected chi connectivity index (χ3v) is 2.04. The van der Waals surface area contributed by atoms with Crippen molar-refractivity contribution in [2.45, 2.75) is 32.7 Å². The van der Waals surface area contributed by atoms with Gasteiger partial charge in [-0.25, -0.2) is 4.98 Å². The number of H-pyrrole nitrogens is 1. The highest BCUT2D eigenvalue weighted by Crippen LogP contribution is 2.06. The van der Waals surface area contributed by atoms with Crippen molar-refractivity contribution in [1.82, 2.24) is 9.97 Å². The fourth-order valence-electron chi connectivity index (χ4n) is 1.35. The molecule has 15 heavy (non-hydrogen) atoms. The van der Waals surface area contributed by atoms with E-state index in [-0.39, 0.29) is 6.42 Å². The highest BCUT2D eigenvalue weighted by atomic mass is 16.4. The molecule has 5 heteroatoms. The number of hydrogen-bond acceptors (Lipinski definition) is 3. The number of carbonyl (C=O) groups is 1. The van der Waals surface area contributed by atoms with Gasteiger partial charge in [-0.1, -0.05) is 13.8 Å². The van der Waals surface area contributed by atoms with Crippen molar-refractivity contribution >= 4 is 5.97 Å². The molecule has 84 valence electrons. The zero-order valence-electron chi connectivity index (χ0n) is 9.03. The van der Waals surface area contributed by atoms with Gasteiger partial charge in [0.25, 0.3) is 0 Å². The summed E-state index contributed by atoms with van der Waals surface area (Å²) in [6, 6.07) is -0.886. The number of carboxylic acid groups (broad SMARTS) is 1. The predicted octanol–water partition coefficient (Wildman–Crippen LogP) is 0.563. The molecule has 1 aromatic rings. The number of imidazole rings is 1. The van der Waals surface area contributed by atoms with Gasteiger partial charge >= 0.3 is 5.97 Å². The molecule has 1 heterocycles. The fraction of sp³-hybridized carbons (Fsp3) is 0.600. The molecule has 0 aliphatic rings. The van der Waals surface area contributed by atoms with Crippen molar-refractivity contribution in [1.29, 1.82) is 0 Å². The summed E-state index contributed by atoms with van der Waals surface area (Å²) in [4.78, 5) is 17.7. The van der Waals surface area contributed by atoms with E-state index >= 15 is 0 Å². The Labute approximate surface area is 88.7 Å². The first-order valence-electron chi connectivity index (χ1n) is 5.00. The maximum atomic E-state index is 10.5. The molecule has 0 aliphatic heterocycles. The third-order valence-electron chi connectivity index (χ3n) is 2.04. The molecule has 0 saturated carbocycles. The fourth-order valence-corrected chi connectivity index (χ4v) is 1.35. The van der Waals surface area contributed by atoms with Crippen molar-refractivity contribution in [3.63, 3.8) is 0 Å². The standard InChI is InChI=1S/C10H17N3O2/c1-6(2)3-7-5-12-9(13-7)4-8(11)10(14)15/h5-6,8H,3-4,11H2,1-2H3,(H,12,13)(H,14,15). The molecule has 0 aromatic carbocycles. The second-order valence-electron chi connectivity index (χ2n) is 4.10. The minimum absolute atomic E-state index is 0.243. The molecule has 0 fully saturated rings. The van der Waals surface area contributed by atoms with Gasteiger partial charge in [0.2, 0.25) is 0 Å². The van der Waals surface area contributed by atoms with Gasteiger partial charge in [-0.15, -0.1) is 0 Å². The molecule has 1 unspecified atom stereocenters. The van der Waals surface area contributed by atoms with Crippen LogP contribution in [0.2, 0.25) is 0 Å². The first-order valence-corrected chi connectivity index (χ1v) is 5.00. The Kier molecular flexibility index (Phi) is 3.85. The summed E-state index contributed by atoms with van der Waals surface area (Å²) in [7, 11) is 0. The van der Waals surface area contributed by atoms with Crippen LogP contribution >= 0.6 is 0 Å². The lowest BCUT2D eigenvalue weighted by molar-refractivity contribution is -0.138. The van der Waals surface area contributed by atoms with E-state index in [2.05, 4.69) is 23.8 Å². The maximum absolute atomic E-state index is 10.5. The molecule has 1 aromatic heterocycles. The summed E-state index contributed by atoms with van der Waals surface area (Å²) in [6.45, 7) is 4.23. The molecule has 0 radical (unpaired) electrons. The van der Waals surface area contributed by atoms with Crippen LogP contribution in [0.15, 0.2) is 6.20 Å². The van der Waals surface area contributed by atoms with Crippen LogP contribution < -0.4 is 5.73 Å². The molecule has 4 N–H and O–H groups in total. The van der Waals surface area contributed by atoms with Crippen molar-refractivity contribution in [2.75, 3.05) is 0 Å². The number of aliphatic carboxylic acids is 1. The monoisotopic (exact) mass is 211 g/mol. The topological polar surface area (TPSA) is 92.0 Å². The second kappa shape index (κ2) is 4.93. The Hall–Kier alpha value is -1.36. The van der Waals surface area contributed by atoms with E-state index in [1.165, 1.54) is 0 Å². The lowest BCUT2D eigenvalue weighted by atomic mass is 10.1. The number of nitrogens with two attached hydrogens (primary N) is 1. The Bertz CT molecular complexity index is 333. The van der Waals surface area contributed by atoms with Crippen LogP contribution in [0.4, 0.5) is 0 Å². The molecular formula is C10H17N3O2. The van der Waals surface area contributed by atoms with Crippen molar-refractivity contribution in [2.24, 2.45) is 11.7 Å². The summed E-state index contributed by atoms with van der Waals surface area (Å²) in [6.07, 6.45) is 2.90. The van der Waals surface area contributed by atoms with E-state index in [1.54, 1.807) is 6.20 Å². The highest BCUT2D eigenvalue weighted by Gasteiger charge is 2.14. The van der Waals surface area contributed by atoms with Gasteiger partial charge in [-0.3, -0.25) is 4.79 Å². The number of nitrogens with one attached hydrogen (secondary N) is 1. The second-order valence-corrected chi connectivity index (χ2v) is 4.10. The average Bonchev–Trinajstić information content (AvgIpc) is 2.51. The maximum Gasteiger partial charge on any atom is 0.320 e. The van der Waals surface area contributed by atoms with Crippen molar-refractivity contribution in [3.8, 4) is 0 Å². The third kappa shape index (κ3) is 3.71. The molecular weight excluding hydrogens is 194 g/mol. The molecule has 1 rings (SSSR count). The molecule has 1 atom stereocenters. The summed E-state index contributed by atoms with van der Waals surface area (Å²) in [5, 5.41) is 8.63. The molecule has 0 spiro atoms. The SMILES string of the molecule is CC(C)Cc1cnc(CC(N)C(=O)O)[nH]1. The van der Waals surface area contributed by atoms with E-state index in [1.807, 2.05) is 0 Å².